The number of anilines is 1. The van der Waals surface area contributed by atoms with E-state index >= 15 is 0 Å². The van der Waals surface area contributed by atoms with Crippen molar-refractivity contribution >= 4 is 21.4 Å². The molecule has 0 aliphatic heterocycles. The van der Waals surface area contributed by atoms with E-state index in [1.165, 1.54) is 7.11 Å². The lowest BCUT2D eigenvalue weighted by atomic mass is 10.1. The van der Waals surface area contributed by atoms with Crippen molar-refractivity contribution in [2.75, 3.05) is 30.5 Å². The van der Waals surface area contributed by atoms with Gasteiger partial charge >= 0.3 is 0 Å². The number of ether oxygens (including phenoxy) is 1. The third-order valence-electron chi connectivity index (χ3n) is 2.60. The maximum Gasteiger partial charge on any atom is 0.239 e. The molecule has 0 bridgehead atoms. The van der Waals surface area contributed by atoms with Crippen molar-refractivity contribution in [1.82, 2.24) is 0 Å². The van der Waals surface area contributed by atoms with Crippen LogP contribution in [-0.4, -0.2) is 39.5 Å². The lowest BCUT2D eigenvalue weighted by molar-refractivity contribution is -0.113. The maximum atomic E-state index is 11.6. The first-order chi connectivity index (χ1) is 8.96. The second kappa shape index (κ2) is 7.25. The van der Waals surface area contributed by atoms with Gasteiger partial charge in [-0.3, -0.25) is 4.79 Å². The zero-order valence-corrected chi connectivity index (χ0v) is 12.0. The van der Waals surface area contributed by atoms with E-state index in [0.29, 0.717) is 5.69 Å². The van der Waals surface area contributed by atoms with Crippen LogP contribution in [0.1, 0.15) is 12.5 Å². The van der Waals surface area contributed by atoms with Gasteiger partial charge in [-0.2, -0.15) is 0 Å². The number of amides is 1. The monoisotopic (exact) mass is 285 g/mol. The number of carbonyl (C=O) groups is 1. The van der Waals surface area contributed by atoms with Crippen LogP contribution in [0, 0.1) is 0 Å². The molecule has 1 aromatic rings. The van der Waals surface area contributed by atoms with Crippen LogP contribution in [-0.2, 0) is 25.8 Å². The van der Waals surface area contributed by atoms with Gasteiger partial charge in [0, 0.05) is 12.8 Å². The number of nitrogens with one attached hydrogen (secondary N) is 1. The lowest BCUT2D eigenvalue weighted by Crippen LogP contribution is -2.26. The Morgan fingerprint density at radius 1 is 1.26 bits per heavy atom. The van der Waals surface area contributed by atoms with E-state index in [1.54, 1.807) is 12.1 Å². The van der Waals surface area contributed by atoms with Crippen molar-refractivity contribution < 1.29 is 17.9 Å². The van der Waals surface area contributed by atoms with Crippen molar-refractivity contribution in [3.63, 3.8) is 0 Å². The van der Waals surface area contributed by atoms with E-state index in [1.807, 2.05) is 19.1 Å². The number of hydrogen-bond acceptors (Lipinski definition) is 4. The van der Waals surface area contributed by atoms with Crippen LogP contribution in [0.3, 0.4) is 0 Å². The van der Waals surface area contributed by atoms with Crippen molar-refractivity contribution in [3.8, 4) is 0 Å². The summed E-state index contributed by atoms with van der Waals surface area (Å²) in [6.45, 7) is 2.14. The fourth-order valence-electron chi connectivity index (χ4n) is 1.50. The average Bonchev–Trinajstić information content (AvgIpc) is 2.36. The van der Waals surface area contributed by atoms with Crippen molar-refractivity contribution in [2.45, 2.75) is 13.3 Å². The van der Waals surface area contributed by atoms with Crippen LogP contribution in [0.2, 0.25) is 0 Å². The number of benzene rings is 1. The summed E-state index contributed by atoms with van der Waals surface area (Å²) in [7, 11) is -1.99. The van der Waals surface area contributed by atoms with Gasteiger partial charge in [0.15, 0.2) is 9.84 Å². The van der Waals surface area contributed by atoms with Crippen LogP contribution >= 0.6 is 0 Å². The molecule has 106 valence electrons. The summed E-state index contributed by atoms with van der Waals surface area (Å²) in [5, 5.41) is 2.57. The standard InChI is InChI=1S/C13H19NO4S/c1-3-11-4-6-12(7-5-11)14-13(15)10-19(16,17)9-8-18-2/h4-7H,3,8-10H2,1-2H3,(H,14,15). The van der Waals surface area contributed by atoms with E-state index in [0.717, 1.165) is 12.0 Å². The Balaban J connectivity index is 2.54. The van der Waals surface area contributed by atoms with Crippen molar-refractivity contribution in [2.24, 2.45) is 0 Å². The SMILES string of the molecule is CCc1ccc(NC(=O)CS(=O)(=O)CCOC)cc1. The predicted molar refractivity (Wildman–Crippen MR) is 75.0 cm³/mol. The van der Waals surface area contributed by atoms with E-state index in [4.69, 9.17) is 4.74 Å². The highest BCUT2D eigenvalue weighted by Gasteiger charge is 2.16. The zero-order valence-electron chi connectivity index (χ0n) is 11.2. The molecule has 0 spiro atoms. The highest BCUT2D eigenvalue weighted by atomic mass is 32.2. The van der Waals surface area contributed by atoms with Gasteiger partial charge in [-0.25, -0.2) is 8.42 Å². The quantitative estimate of drug-likeness (QED) is 0.818. The lowest BCUT2D eigenvalue weighted by Gasteiger charge is -2.06. The number of aryl methyl sites for hydroxylation is 1. The highest BCUT2D eigenvalue weighted by Crippen LogP contribution is 2.10. The fourth-order valence-corrected chi connectivity index (χ4v) is 2.54. The fraction of sp³-hybridized carbons (Fsp3) is 0.462. The molecule has 1 amide bonds. The van der Waals surface area contributed by atoms with Crippen LogP contribution in [0.4, 0.5) is 5.69 Å². The molecule has 0 heterocycles. The van der Waals surface area contributed by atoms with E-state index in [2.05, 4.69) is 5.32 Å². The molecule has 1 rings (SSSR count). The molecule has 1 aromatic carbocycles. The van der Waals surface area contributed by atoms with E-state index < -0.39 is 21.5 Å². The van der Waals surface area contributed by atoms with Gasteiger partial charge in [0.2, 0.25) is 5.91 Å². The Hall–Kier alpha value is -1.40. The second-order valence-corrected chi connectivity index (χ2v) is 6.37. The maximum absolute atomic E-state index is 11.6. The summed E-state index contributed by atoms with van der Waals surface area (Å²) in [4.78, 5) is 11.6. The molecule has 0 atom stereocenters. The summed E-state index contributed by atoms with van der Waals surface area (Å²) >= 11 is 0. The number of sulfone groups is 1. The summed E-state index contributed by atoms with van der Waals surface area (Å²) in [5.74, 6) is -1.20. The molecule has 0 radical (unpaired) electrons. The van der Waals surface area contributed by atoms with Gasteiger partial charge in [-0.15, -0.1) is 0 Å². The third-order valence-corrected chi connectivity index (χ3v) is 4.09. The van der Waals surface area contributed by atoms with Crippen LogP contribution < -0.4 is 5.32 Å². The van der Waals surface area contributed by atoms with Crippen LogP contribution in [0.25, 0.3) is 0 Å². The molecular weight excluding hydrogens is 266 g/mol. The Morgan fingerprint density at radius 3 is 2.42 bits per heavy atom. The molecule has 0 fully saturated rings. The number of rotatable bonds is 7. The predicted octanol–water partition coefficient (Wildman–Crippen LogP) is 1.25. The largest absolute Gasteiger partial charge is 0.384 e. The normalized spacial score (nSPS) is 11.3. The number of carbonyl (C=O) groups excluding carboxylic acids is 1. The van der Waals surface area contributed by atoms with Crippen LogP contribution in [0.5, 0.6) is 0 Å². The van der Waals surface area contributed by atoms with Gasteiger partial charge in [0.25, 0.3) is 0 Å². The van der Waals surface area contributed by atoms with Gasteiger partial charge in [0.05, 0.1) is 12.4 Å². The second-order valence-electron chi connectivity index (χ2n) is 4.18. The Bertz CT molecular complexity index is 508. The Labute approximate surface area is 113 Å². The summed E-state index contributed by atoms with van der Waals surface area (Å²) in [6, 6.07) is 7.32. The van der Waals surface area contributed by atoms with E-state index in [9.17, 15) is 13.2 Å². The molecular formula is C13H19NO4S. The van der Waals surface area contributed by atoms with Gasteiger partial charge < -0.3 is 10.1 Å². The molecule has 19 heavy (non-hydrogen) atoms. The molecule has 1 N–H and O–H groups in total. The first kappa shape index (κ1) is 15.7. The smallest absolute Gasteiger partial charge is 0.239 e. The average molecular weight is 285 g/mol. The topological polar surface area (TPSA) is 72.5 Å². The third kappa shape index (κ3) is 5.85. The first-order valence-corrected chi connectivity index (χ1v) is 7.87. The van der Waals surface area contributed by atoms with Gasteiger partial charge in [0.1, 0.15) is 5.75 Å². The zero-order chi connectivity index (χ0) is 14.3. The Morgan fingerprint density at radius 2 is 1.89 bits per heavy atom. The molecule has 0 aliphatic rings. The summed E-state index contributed by atoms with van der Waals surface area (Å²) in [5.41, 5.74) is 1.76. The minimum Gasteiger partial charge on any atom is -0.384 e. The summed E-state index contributed by atoms with van der Waals surface area (Å²) < 4.78 is 27.8. The Kier molecular flexibility index (Phi) is 5.98. The first-order valence-electron chi connectivity index (χ1n) is 6.05. The minimum atomic E-state index is -3.41. The van der Waals surface area contributed by atoms with Crippen LogP contribution in [0.15, 0.2) is 24.3 Å². The molecule has 0 aliphatic carbocycles. The van der Waals surface area contributed by atoms with Crippen molar-refractivity contribution in [1.29, 1.82) is 0 Å². The molecule has 0 saturated heterocycles. The van der Waals surface area contributed by atoms with E-state index in [-0.39, 0.29) is 12.4 Å². The van der Waals surface area contributed by atoms with Crippen molar-refractivity contribution in [3.05, 3.63) is 29.8 Å². The minimum absolute atomic E-state index is 0.0980. The van der Waals surface area contributed by atoms with Gasteiger partial charge in [-0.1, -0.05) is 19.1 Å². The molecule has 0 unspecified atom stereocenters. The number of hydrogen-bond donors (Lipinski definition) is 1. The highest BCUT2D eigenvalue weighted by molar-refractivity contribution is 7.92. The molecule has 0 saturated carbocycles. The van der Waals surface area contributed by atoms with Gasteiger partial charge in [-0.05, 0) is 24.1 Å². The number of methoxy groups -OCH3 is 1. The molecule has 6 heteroatoms. The molecule has 0 aromatic heterocycles. The molecule has 5 nitrogen and oxygen atoms in total. The summed E-state index contributed by atoms with van der Waals surface area (Å²) in [6.07, 6.45) is 0.916.